The van der Waals surface area contributed by atoms with Crippen LogP contribution in [0.1, 0.15) is 11.1 Å². The summed E-state index contributed by atoms with van der Waals surface area (Å²) >= 11 is 0. The average Bonchev–Trinajstić information content (AvgIpc) is 3.03. The molecule has 4 heteroatoms. The zero-order valence-corrected chi connectivity index (χ0v) is 12.2. The molecule has 0 unspecified atom stereocenters. The summed E-state index contributed by atoms with van der Waals surface area (Å²) in [5.74, 6) is 0.714. The molecule has 2 aliphatic rings. The van der Waals surface area contributed by atoms with Crippen LogP contribution in [0.5, 0.6) is 0 Å². The van der Waals surface area contributed by atoms with E-state index in [2.05, 4.69) is 46.7 Å². The van der Waals surface area contributed by atoms with E-state index >= 15 is 0 Å². The fourth-order valence-electron chi connectivity index (χ4n) is 2.93. The minimum atomic E-state index is -0.210. The Bertz CT molecular complexity index is 919. The van der Waals surface area contributed by atoms with Crippen LogP contribution in [0.4, 0.5) is 10.2 Å². The van der Waals surface area contributed by atoms with Crippen LogP contribution in [-0.4, -0.2) is 10.2 Å². The number of benzene rings is 2. The number of aromatic amines is 2. The van der Waals surface area contributed by atoms with Crippen LogP contribution < -0.4 is 5.32 Å². The fraction of sp³-hybridized carbons (Fsp3) is 0.111. The van der Waals surface area contributed by atoms with Gasteiger partial charge in [-0.3, -0.25) is 10.2 Å². The van der Waals surface area contributed by atoms with Gasteiger partial charge in [0.25, 0.3) is 0 Å². The standard InChI is InChI=1S/C18H16FN3/c1-11-3-2-4-12(7-11)10-20-18-16-9-13-8-14(19)5-6-15(13)17(16)21-22-18/h2-9,20-22H,10H2,1H3. The van der Waals surface area contributed by atoms with Crippen molar-refractivity contribution in [1.82, 2.24) is 10.2 Å². The van der Waals surface area contributed by atoms with Crippen molar-refractivity contribution >= 4 is 16.6 Å². The SMILES string of the molecule is Cc1cccc(CNc2[nH][nH]c3c4ccc(F)cc4cc2-3)c1. The van der Waals surface area contributed by atoms with Crippen LogP contribution in [0.2, 0.25) is 0 Å². The molecule has 3 nitrogen and oxygen atoms in total. The van der Waals surface area contributed by atoms with Gasteiger partial charge in [0.2, 0.25) is 0 Å². The number of anilines is 1. The third kappa shape index (κ3) is 2.13. The average molecular weight is 293 g/mol. The minimum absolute atomic E-state index is 0.210. The number of fused-ring (bicyclic) bond motifs is 3. The fourth-order valence-corrected chi connectivity index (χ4v) is 2.93. The predicted octanol–water partition coefficient (Wildman–Crippen LogP) is 4.66. The van der Waals surface area contributed by atoms with Crippen LogP contribution in [0.25, 0.3) is 22.0 Å². The Labute approximate surface area is 127 Å². The van der Waals surface area contributed by atoms with Crippen LogP contribution in [0.15, 0.2) is 48.5 Å². The highest BCUT2D eigenvalue weighted by molar-refractivity contribution is 6.03. The van der Waals surface area contributed by atoms with Gasteiger partial charge in [0.1, 0.15) is 11.6 Å². The number of aromatic nitrogens is 2. The third-order valence-corrected chi connectivity index (χ3v) is 3.99. The Morgan fingerprint density at radius 2 is 1.95 bits per heavy atom. The lowest BCUT2D eigenvalue weighted by Gasteiger charge is -2.05. The lowest BCUT2D eigenvalue weighted by atomic mass is 10.1. The zero-order chi connectivity index (χ0) is 15.1. The van der Waals surface area contributed by atoms with Gasteiger partial charge in [-0.1, -0.05) is 29.8 Å². The quantitative estimate of drug-likeness (QED) is 0.505. The highest BCUT2D eigenvalue weighted by atomic mass is 19.1. The van der Waals surface area contributed by atoms with Crippen molar-refractivity contribution in [2.24, 2.45) is 0 Å². The van der Waals surface area contributed by atoms with E-state index in [0.29, 0.717) is 0 Å². The van der Waals surface area contributed by atoms with Crippen molar-refractivity contribution in [3.8, 4) is 11.3 Å². The van der Waals surface area contributed by atoms with E-state index in [9.17, 15) is 4.39 Å². The Kier molecular flexibility index (Phi) is 2.89. The summed E-state index contributed by atoms with van der Waals surface area (Å²) < 4.78 is 13.3. The normalized spacial score (nSPS) is 11.4. The molecule has 0 radical (unpaired) electrons. The summed E-state index contributed by atoms with van der Waals surface area (Å²) in [7, 11) is 0. The Morgan fingerprint density at radius 1 is 1.05 bits per heavy atom. The Balaban J connectivity index is 1.65. The zero-order valence-electron chi connectivity index (χ0n) is 12.2. The van der Waals surface area contributed by atoms with Gasteiger partial charge in [0.05, 0.1) is 5.69 Å². The maximum atomic E-state index is 13.3. The van der Waals surface area contributed by atoms with Crippen molar-refractivity contribution in [2.45, 2.75) is 13.5 Å². The highest BCUT2D eigenvalue weighted by Gasteiger charge is 2.16. The molecule has 0 aromatic heterocycles. The third-order valence-electron chi connectivity index (χ3n) is 3.99. The monoisotopic (exact) mass is 293 g/mol. The first-order valence-electron chi connectivity index (χ1n) is 7.28. The van der Waals surface area contributed by atoms with Gasteiger partial charge >= 0.3 is 0 Å². The topological polar surface area (TPSA) is 43.6 Å². The number of hydrogen-bond donors (Lipinski definition) is 3. The first-order valence-corrected chi connectivity index (χ1v) is 7.28. The maximum Gasteiger partial charge on any atom is 0.127 e. The van der Waals surface area contributed by atoms with Crippen molar-refractivity contribution < 1.29 is 4.39 Å². The number of hydrogen-bond acceptors (Lipinski definition) is 1. The van der Waals surface area contributed by atoms with Gasteiger partial charge in [-0.05, 0) is 42.1 Å². The minimum Gasteiger partial charge on any atom is -0.366 e. The highest BCUT2D eigenvalue weighted by Crippen LogP contribution is 2.37. The first-order chi connectivity index (χ1) is 10.7. The Morgan fingerprint density at radius 3 is 2.82 bits per heavy atom. The summed E-state index contributed by atoms with van der Waals surface area (Å²) in [5.41, 5.74) is 4.52. The molecule has 2 aromatic rings. The molecule has 1 heterocycles. The summed E-state index contributed by atoms with van der Waals surface area (Å²) in [4.78, 5) is 0. The van der Waals surface area contributed by atoms with E-state index in [0.717, 1.165) is 34.4 Å². The molecule has 0 fully saturated rings. The second-order valence-electron chi connectivity index (χ2n) is 5.63. The second-order valence-corrected chi connectivity index (χ2v) is 5.63. The van der Waals surface area contributed by atoms with Crippen LogP contribution in [0, 0.1) is 12.7 Å². The van der Waals surface area contributed by atoms with Gasteiger partial charge < -0.3 is 5.32 Å². The molecule has 0 amide bonds. The number of aryl methyl sites for hydroxylation is 1. The molecular formula is C18H16FN3. The van der Waals surface area contributed by atoms with E-state index < -0.39 is 0 Å². The van der Waals surface area contributed by atoms with E-state index in [4.69, 9.17) is 0 Å². The van der Waals surface area contributed by atoms with Gasteiger partial charge in [-0.25, -0.2) is 4.39 Å². The summed E-state index contributed by atoms with van der Waals surface area (Å²) in [6.07, 6.45) is 0. The first kappa shape index (κ1) is 13.0. The molecule has 3 N–H and O–H groups in total. The number of halogens is 1. The van der Waals surface area contributed by atoms with Crippen molar-refractivity contribution in [3.05, 3.63) is 65.5 Å². The van der Waals surface area contributed by atoms with Crippen molar-refractivity contribution in [3.63, 3.8) is 0 Å². The predicted molar refractivity (Wildman–Crippen MR) is 87.7 cm³/mol. The summed E-state index contributed by atoms with van der Waals surface area (Å²) in [6, 6.07) is 15.3. The van der Waals surface area contributed by atoms with Gasteiger partial charge in [-0.2, -0.15) is 0 Å². The lowest BCUT2D eigenvalue weighted by molar-refractivity contribution is 0.630. The molecule has 1 aliphatic carbocycles. The molecular weight excluding hydrogens is 277 g/mol. The summed E-state index contributed by atoms with van der Waals surface area (Å²) in [6.45, 7) is 2.82. The number of rotatable bonds is 3. The molecule has 0 saturated carbocycles. The van der Waals surface area contributed by atoms with Gasteiger partial charge in [0.15, 0.2) is 0 Å². The largest absolute Gasteiger partial charge is 0.366 e. The van der Waals surface area contributed by atoms with Crippen molar-refractivity contribution in [2.75, 3.05) is 5.32 Å². The molecule has 110 valence electrons. The second kappa shape index (κ2) is 4.91. The lowest BCUT2D eigenvalue weighted by Crippen LogP contribution is -2.00. The van der Waals surface area contributed by atoms with Crippen LogP contribution in [-0.2, 0) is 6.54 Å². The van der Waals surface area contributed by atoms with E-state index in [1.54, 1.807) is 6.07 Å². The molecule has 0 bridgehead atoms. The van der Waals surface area contributed by atoms with E-state index in [1.165, 1.54) is 17.2 Å². The smallest absolute Gasteiger partial charge is 0.127 e. The molecule has 0 spiro atoms. The molecule has 22 heavy (non-hydrogen) atoms. The molecule has 0 saturated heterocycles. The number of H-pyrrole nitrogens is 2. The van der Waals surface area contributed by atoms with Crippen LogP contribution >= 0.6 is 0 Å². The molecule has 1 aliphatic heterocycles. The molecule has 0 atom stereocenters. The van der Waals surface area contributed by atoms with Gasteiger partial charge in [0, 0.05) is 17.5 Å². The number of nitrogens with one attached hydrogen (secondary N) is 3. The molecule has 2 aromatic carbocycles. The maximum absolute atomic E-state index is 13.3. The van der Waals surface area contributed by atoms with E-state index in [1.807, 2.05) is 12.1 Å². The van der Waals surface area contributed by atoms with Crippen molar-refractivity contribution in [1.29, 1.82) is 0 Å². The summed E-state index contributed by atoms with van der Waals surface area (Å²) in [5, 5.41) is 11.7. The Hall–Kier alpha value is -2.75. The van der Waals surface area contributed by atoms with Crippen LogP contribution in [0.3, 0.4) is 0 Å². The van der Waals surface area contributed by atoms with E-state index in [-0.39, 0.29) is 5.82 Å². The van der Waals surface area contributed by atoms with Gasteiger partial charge in [-0.15, -0.1) is 0 Å². The molecule has 4 rings (SSSR count).